The first-order chi connectivity index (χ1) is 43.6. The summed E-state index contributed by atoms with van der Waals surface area (Å²) in [6, 6.07) is 9.29. The number of hydrogen-bond donors (Lipinski definition) is 6. The molecule has 18 nitrogen and oxygen atoms in total. The van der Waals surface area contributed by atoms with Gasteiger partial charge in [0.1, 0.15) is 23.1 Å². The van der Waals surface area contributed by atoms with E-state index in [1.807, 2.05) is 20.8 Å². The number of ether oxygens (including phenoxy) is 1. The molecule has 6 aromatic rings. The van der Waals surface area contributed by atoms with Crippen LogP contribution in [-0.2, 0) is 71.8 Å². The molecular weight excluding hydrogens is 1310 g/mol. The first kappa shape index (κ1) is 75.5. The van der Waals surface area contributed by atoms with Crippen molar-refractivity contribution in [1.29, 1.82) is 0 Å². The molecule has 6 aliphatic heterocycles. The highest BCUT2D eigenvalue weighted by Crippen LogP contribution is 2.43. The maximum atomic E-state index is 14.2. The molecular formula is C62H76Cl2F12N12O6. The molecule has 12 rings (SSSR count). The summed E-state index contributed by atoms with van der Waals surface area (Å²) >= 11 is 0. The number of nitrogens with one attached hydrogen (secondary N) is 6. The molecule has 9 heterocycles. The van der Waals surface area contributed by atoms with Crippen LogP contribution < -0.4 is 16.0 Å². The summed E-state index contributed by atoms with van der Waals surface area (Å²) < 4.78 is 166. The minimum atomic E-state index is -4.61. The lowest BCUT2D eigenvalue weighted by molar-refractivity contribution is -0.191. The molecule has 0 saturated carbocycles. The molecule has 6 N–H and O–H groups in total. The van der Waals surface area contributed by atoms with Crippen LogP contribution in [0, 0.1) is 17.5 Å². The van der Waals surface area contributed by atoms with Gasteiger partial charge in [0, 0.05) is 131 Å². The molecule has 0 unspecified atom stereocenters. The number of likely N-dealkylation sites (tertiary alicyclic amines) is 2. The van der Waals surface area contributed by atoms with Crippen LogP contribution >= 0.6 is 24.8 Å². The van der Waals surface area contributed by atoms with Gasteiger partial charge >= 0.3 is 30.8 Å². The van der Waals surface area contributed by atoms with Crippen molar-refractivity contribution in [2.75, 3.05) is 58.9 Å². The fraction of sp³-hybridized carbons (Fsp3) is 0.500. The van der Waals surface area contributed by atoms with Crippen molar-refractivity contribution < 1.29 is 84.2 Å². The first-order valence-electron chi connectivity index (χ1n) is 30.0. The largest absolute Gasteiger partial charge is 0.444 e. The molecule has 94 heavy (non-hydrogen) atoms. The fourth-order valence-corrected chi connectivity index (χ4v) is 12.3. The number of rotatable bonds is 5. The Morgan fingerprint density at radius 1 is 0.521 bits per heavy atom. The van der Waals surface area contributed by atoms with E-state index in [9.17, 15) is 67.1 Å². The number of alkyl halides is 9. The second kappa shape index (κ2) is 32.8. The highest BCUT2D eigenvalue weighted by atomic mass is 35.5. The summed E-state index contributed by atoms with van der Waals surface area (Å²) in [5.41, 5.74) is 2.66. The summed E-state index contributed by atoms with van der Waals surface area (Å²) in [5, 5.41) is 30.5. The van der Waals surface area contributed by atoms with Crippen LogP contribution in [0.25, 0.3) is 0 Å². The Balaban J connectivity index is 0.000000272. The second-order valence-corrected chi connectivity index (χ2v) is 23.8. The molecule has 0 bridgehead atoms. The lowest BCUT2D eigenvalue weighted by atomic mass is 9.85. The Hall–Kier alpha value is -7.50. The van der Waals surface area contributed by atoms with Gasteiger partial charge in [-0.2, -0.15) is 64.4 Å². The van der Waals surface area contributed by atoms with E-state index in [2.05, 4.69) is 46.5 Å². The molecule has 3 aromatic heterocycles. The van der Waals surface area contributed by atoms with Gasteiger partial charge in [0.2, 0.25) is 0 Å². The number of aromatic nitrogens is 6. The molecule has 0 atom stereocenters. The Labute approximate surface area is 548 Å². The van der Waals surface area contributed by atoms with Crippen LogP contribution in [0.1, 0.15) is 168 Å². The molecule has 6 aliphatic rings. The van der Waals surface area contributed by atoms with Crippen molar-refractivity contribution in [3.63, 3.8) is 0 Å². The Morgan fingerprint density at radius 3 is 1.28 bits per heavy atom. The zero-order valence-electron chi connectivity index (χ0n) is 51.3. The van der Waals surface area contributed by atoms with Crippen molar-refractivity contribution in [3.8, 4) is 0 Å². The van der Waals surface area contributed by atoms with E-state index in [4.69, 9.17) is 14.3 Å². The highest BCUT2D eigenvalue weighted by molar-refractivity contribution is 5.94. The zero-order chi connectivity index (χ0) is 66.7. The third kappa shape index (κ3) is 18.9. The summed E-state index contributed by atoms with van der Waals surface area (Å²) in [5.74, 6) is -4.37. The van der Waals surface area contributed by atoms with Crippen molar-refractivity contribution in [3.05, 3.63) is 157 Å². The van der Waals surface area contributed by atoms with Crippen LogP contribution in [-0.4, -0.2) is 134 Å². The van der Waals surface area contributed by atoms with E-state index in [-0.39, 0.29) is 126 Å². The molecule has 0 spiro atoms. The third-order valence-corrected chi connectivity index (χ3v) is 16.7. The lowest BCUT2D eigenvalue weighted by Gasteiger charge is -2.33. The fourth-order valence-electron chi connectivity index (χ4n) is 12.3. The van der Waals surface area contributed by atoms with E-state index in [1.165, 1.54) is 0 Å². The molecule has 518 valence electrons. The van der Waals surface area contributed by atoms with Gasteiger partial charge in [0.05, 0.1) is 29.4 Å². The van der Waals surface area contributed by atoms with Crippen molar-refractivity contribution >= 4 is 48.9 Å². The standard InChI is InChI=1S/2C19H20F4N4O.C12H13F4N.C11H17N3O2.CO2.2ClH.2H2/c2*20-14-3-1-2-13(19(21,22)23)16(14)11-5-8-27(9-6-11)18(28)17-12-10-24-7-4-15(12)25-26-17;13-10-3-1-2-9(12(14,15)16)11(10)8-4-6-17-7-5-8;1-11(2,3)16-10(15)14-5-4-9-8(7-14)6-12-13-9;2-1-3;;;;/h2*1-3,11,24H,4-10H2,(H,25,26);1-3,8,17H,4-7H2;6H,4-5,7H2,1-3H3,(H,12,13);;4*1H. The normalized spacial score (nSPS) is 16.9. The van der Waals surface area contributed by atoms with Crippen LogP contribution in [0.5, 0.6) is 0 Å². The molecule has 3 amide bonds. The number of hydrogen-bond acceptors (Lipinski definition) is 12. The van der Waals surface area contributed by atoms with Gasteiger partial charge in [-0.25, -0.2) is 18.0 Å². The quantitative estimate of drug-likeness (QED) is 0.0887. The summed E-state index contributed by atoms with van der Waals surface area (Å²) in [7, 11) is 0. The number of H-pyrrole nitrogens is 3. The summed E-state index contributed by atoms with van der Waals surface area (Å²) in [6.07, 6.45) is -7.37. The summed E-state index contributed by atoms with van der Waals surface area (Å²) in [6.45, 7) is 12.0. The first-order valence-corrected chi connectivity index (χ1v) is 30.0. The number of nitrogens with zero attached hydrogens (tertiary/aromatic N) is 6. The predicted octanol–water partition coefficient (Wildman–Crippen LogP) is 12.2. The number of piperidine rings is 3. The molecule has 0 radical (unpaired) electrons. The van der Waals surface area contributed by atoms with Crippen LogP contribution in [0.3, 0.4) is 0 Å². The number of fused-ring (bicyclic) bond motifs is 3. The van der Waals surface area contributed by atoms with Gasteiger partial charge in [-0.1, -0.05) is 18.2 Å². The monoisotopic (exact) mass is 1380 g/mol. The van der Waals surface area contributed by atoms with Gasteiger partial charge < -0.3 is 35.4 Å². The molecule has 32 heteroatoms. The molecule has 3 fully saturated rings. The van der Waals surface area contributed by atoms with Gasteiger partial charge in [-0.3, -0.25) is 24.9 Å². The lowest BCUT2D eigenvalue weighted by Crippen LogP contribution is -2.39. The topological polar surface area (TPSA) is 226 Å². The minimum absolute atomic E-state index is 0. The maximum Gasteiger partial charge on any atom is 0.416 e. The van der Waals surface area contributed by atoms with Crippen molar-refractivity contribution in [1.82, 2.24) is 61.2 Å². The molecule has 0 aliphatic carbocycles. The number of benzene rings is 3. The molecule has 3 saturated heterocycles. The number of carbonyl (C=O) groups is 3. The van der Waals surface area contributed by atoms with Gasteiger partial charge in [0.15, 0.2) is 11.4 Å². The van der Waals surface area contributed by atoms with E-state index < -0.39 is 70.1 Å². The molecule has 3 aromatic carbocycles. The number of aromatic amines is 3. The van der Waals surface area contributed by atoms with Gasteiger partial charge in [-0.15, -0.1) is 24.8 Å². The maximum absolute atomic E-state index is 14.2. The van der Waals surface area contributed by atoms with E-state index in [1.54, 1.807) is 20.9 Å². The van der Waals surface area contributed by atoms with Gasteiger partial charge in [-0.05, 0) is 127 Å². The Bertz CT molecular complexity index is 3410. The minimum Gasteiger partial charge on any atom is -0.444 e. The second-order valence-electron chi connectivity index (χ2n) is 23.8. The number of amides is 3. The van der Waals surface area contributed by atoms with Crippen LogP contribution in [0.2, 0.25) is 0 Å². The predicted molar refractivity (Wildman–Crippen MR) is 325 cm³/mol. The Morgan fingerprint density at radius 2 is 0.904 bits per heavy atom. The van der Waals surface area contributed by atoms with E-state index in [0.717, 1.165) is 121 Å². The van der Waals surface area contributed by atoms with Crippen LogP contribution in [0.15, 0.2) is 60.8 Å². The SMILES string of the molecule is CC(C)(C)OC(=O)N1CCc2[nH]ncc2C1.Cl.Cl.Fc1cccc(C(F)(F)F)c1C1CCNCC1.O=C(c1n[nH]c2c1CNCC2)N1CCC(c2c(F)cccc2C(F)(F)F)CC1.O=C(c1n[nH]c2c1CNCC2)N1CCC(c2c(F)cccc2C(F)(F)F)CC1.O=C=O.[HH].[HH]. The number of halogens is 14. The van der Waals surface area contributed by atoms with E-state index >= 15 is 0 Å². The smallest absolute Gasteiger partial charge is 0.416 e. The third-order valence-electron chi connectivity index (χ3n) is 16.7. The van der Waals surface area contributed by atoms with Crippen molar-refractivity contribution in [2.24, 2.45) is 0 Å². The van der Waals surface area contributed by atoms with Crippen molar-refractivity contribution in [2.45, 2.75) is 140 Å². The average molecular weight is 1380 g/mol. The van der Waals surface area contributed by atoms with Gasteiger partial charge in [0.25, 0.3) is 11.8 Å². The van der Waals surface area contributed by atoms with E-state index in [0.29, 0.717) is 63.5 Å². The number of carbonyl (C=O) groups excluding carboxylic acids is 5. The Kier molecular flexibility index (Phi) is 26.3. The summed E-state index contributed by atoms with van der Waals surface area (Å²) in [4.78, 5) is 58.6. The highest BCUT2D eigenvalue weighted by Gasteiger charge is 2.41. The van der Waals surface area contributed by atoms with Crippen LogP contribution in [0.4, 0.5) is 57.5 Å². The average Bonchev–Trinajstić information content (AvgIpc) is 0.919. The zero-order valence-corrected chi connectivity index (χ0v) is 53.0.